The Balaban J connectivity index is 2.15. The van der Waals surface area contributed by atoms with E-state index in [-0.39, 0.29) is 11.9 Å². The Labute approximate surface area is 139 Å². The molecule has 0 saturated carbocycles. The summed E-state index contributed by atoms with van der Waals surface area (Å²) in [5.74, 6) is -0.258. The number of alkyl halides is 3. The zero-order valence-electron chi connectivity index (χ0n) is 14.0. The lowest BCUT2D eigenvalue weighted by Crippen LogP contribution is -2.53. The number of benzene rings is 1. The van der Waals surface area contributed by atoms with Gasteiger partial charge in [-0.1, -0.05) is 18.2 Å². The molecule has 7 heteroatoms. The minimum Gasteiger partial charge on any atom is -0.382 e. The molecule has 0 aliphatic carbocycles. The molecule has 1 aromatic carbocycles. The maximum absolute atomic E-state index is 12.9. The highest BCUT2D eigenvalue weighted by Crippen LogP contribution is 2.31. The van der Waals surface area contributed by atoms with Crippen molar-refractivity contribution in [1.29, 1.82) is 0 Å². The number of halogens is 3. The molecule has 0 fully saturated rings. The molecule has 2 rings (SSSR count). The van der Waals surface area contributed by atoms with Crippen molar-refractivity contribution in [3.63, 3.8) is 0 Å². The van der Waals surface area contributed by atoms with Crippen LogP contribution in [0.3, 0.4) is 0 Å². The van der Waals surface area contributed by atoms with E-state index in [9.17, 15) is 23.1 Å². The Morgan fingerprint density at radius 2 is 2.04 bits per heavy atom. The van der Waals surface area contributed by atoms with Crippen molar-refractivity contribution < 1.29 is 23.1 Å². The Bertz CT molecular complexity index is 591. The summed E-state index contributed by atoms with van der Waals surface area (Å²) < 4.78 is 37.5. The zero-order valence-corrected chi connectivity index (χ0v) is 14.0. The van der Waals surface area contributed by atoms with Crippen LogP contribution in [0.25, 0.3) is 0 Å². The number of para-hydroxylation sites is 1. The lowest BCUT2D eigenvalue weighted by molar-refractivity contribution is -0.208. The molecular weight excluding hydrogens is 321 g/mol. The second kappa shape index (κ2) is 7.11. The lowest BCUT2D eigenvalue weighted by Gasteiger charge is -2.38. The number of carbonyl (C=O) groups excluding carboxylic acids is 1. The fourth-order valence-electron chi connectivity index (χ4n) is 2.95. The molecular formula is C17H23F3N2O2. The van der Waals surface area contributed by atoms with Gasteiger partial charge in [0.15, 0.2) is 6.10 Å². The number of hydrogen-bond donors (Lipinski definition) is 1. The van der Waals surface area contributed by atoms with Gasteiger partial charge in [-0.05, 0) is 45.4 Å². The summed E-state index contributed by atoms with van der Waals surface area (Å²) in [4.78, 5) is 15.8. The van der Waals surface area contributed by atoms with Gasteiger partial charge < -0.3 is 10.0 Å². The molecule has 4 nitrogen and oxygen atoms in total. The van der Waals surface area contributed by atoms with Crippen LogP contribution in [-0.4, -0.2) is 53.9 Å². The van der Waals surface area contributed by atoms with Crippen LogP contribution in [-0.2, 0) is 11.2 Å². The molecule has 1 amide bonds. The van der Waals surface area contributed by atoms with Crippen molar-refractivity contribution in [3.05, 3.63) is 29.8 Å². The van der Waals surface area contributed by atoms with E-state index in [1.54, 1.807) is 11.8 Å². The number of anilines is 1. The van der Waals surface area contributed by atoms with Gasteiger partial charge in [0.1, 0.15) is 0 Å². The summed E-state index contributed by atoms with van der Waals surface area (Å²) in [5, 5.41) is 9.22. The SMILES string of the molecule is CC(C(=O)N1c2ccccc2CCC1C)N(C)CC(O)C(F)(F)F. The molecule has 1 heterocycles. The van der Waals surface area contributed by atoms with Crippen LogP contribution in [0.4, 0.5) is 18.9 Å². The molecule has 0 spiro atoms. The highest BCUT2D eigenvalue weighted by molar-refractivity contribution is 5.98. The molecule has 0 aromatic heterocycles. The van der Waals surface area contributed by atoms with Crippen LogP contribution in [0, 0.1) is 0 Å². The summed E-state index contributed by atoms with van der Waals surface area (Å²) in [7, 11) is 1.41. The first-order chi connectivity index (χ1) is 11.1. The van der Waals surface area contributed by atoms with Gasteiger partial charge >= 0.3 is 6.18 Å². The Morgan fingerprint density at radius 3 is 2.67 bits per heavy atom. The topological polar surface area (TPSA) is 43.8 Å². The monoisotopic (exact) mass is 344 g/mol. The number of nitrogens with zero attached hydrogens (tertiary/aromatic N) is 2. The van der Waals surface area contributed by atoms with Gasteiger partial charge in [0.25, 0.3) is 0 Å². The standard InChI is InChI=1S/C17H23F3N2O2/c1-11-8-9-13-6-4-5-7-14(13)22(11)16(24)12(2)21(3)10-15(23)17(18,19)20/h4-7,11-12,15,23H,8-10H2,1-3H3. The highest BCUT2D eigenvalue weighted by atomic mass is 19.4. The molecule has 1 N–H and O–H groups in total. The summed E-state index contributed by atoms with van der Waals surface area (Å²) in [6.45, 7) is 2.86. The van der Waals surface area contributed by atoms with Crippen LogP contribution >= 0.6 is 0 Å². The van der Waals surface area contributed by atoms with E-state index in [0.717, 1.165) is 24.1 Å². The summed E-state index contributed by atoms with van der Waals surface area (Å²) in [5.41, 5.74) is 1.88. The Kier molecular flexibility index (Phi) is 5.55. The molecule has 0 saturated heterocycles. The normalized spacial score (nSPS) is 20.7. The first-order valence-electron chi connectivity index (χ1n) is 7.99. The predicted molar refractivity (Wildman–Crippen MR) is 85.9 cm³/mol. The first-order valence-corrected chi connectivity index (χ1v) is 7.99. The van der Waals surface area contributed by atoms with Gasteiger partial charge in [0.05, 0.1) is 6.04 Å². The Hall–Kier alpha value is -1.60. The third-order valence-corrected chi connectivity index (χ3v) is 4.62. The largest absolute Gasteiger partial charge is 0.415 e. The maximum atomic E-state index is 12.9. The fraction of sp³-hybridized carbons (Fsp3) is 0.588. The van der Waals surface area contributed by atoms with Crippen molar-refractivity contribution in [2.45, 2.75) is 51.1 Å². The third-order valence-electron chi connectivity index (χ3n) is 4.62. The zero-order chi connectivity index (χ0) is 18.1. The molecule has 0 radical (unpaired) electrons. The molecule has 0 bridgehead atoms. The van der Waals surface area contributed by atoms with Crippen molar-refractivity contribution in [2.75, 3.05) is 18.5 Å². The van der Waals surface area contributed by atoms with Gasteiger partial charge in [0.2, 0.25) is 5.91 Å². The third kappa shape index (κ3) is 3.89. The molecule has 1 aromatic rings. The number of fused-ring (bicyclic) bond motifs is 1. The molecule has 24 heavy (non-hydrogen) atoms. The van der Waals surface area contributed by atoms with E-state index in [1.165, 1.54) is 11.9 Å². The van der Waals surface area contributed by atoms with Gasteiger partial charge in [-0.15, -0.1) is 0 Å². The second-order valence-electron chi connectivity index (χ2n) is 6.40. The Morgan fingerprint density at radius 1 is 1.42 bits per heavy atom. The van der Waals surface area contributed by atoms with Crippen LogP contribution in [0.2, 0.25) is 0 Å². The lowest BCUT2D eigenvalue weighted by atomic mass is 9.96. The molecule has 3 unspecified atom stereocenters. The summed E-state index contributed by atoms with van der Waals surface area (Å²) in [6, 6.07) is 6.79. The number of aryl methyl sites for hydroxylation is 1. The van der Waals surface area contributed by atoms with Crippen LogP contribution in [0.1, 0.15) is 25.8 Å². The fourth-order valence-corrected chi connectivity index (χ4v) is 2.95. The average Bonchev–Trinajstić information content (AvgIpc) is 2.52. The number of hydrogen-bond acceptors (Lipinski definition) is 3. The van der Waals surface area contributed by atoms with Crippen LogP contribution < -0.4 is 4.90 Å². The number of aliphatic hydroxyl groups is 1. The van der Waals surface area contributed by atoms with Crippen molar-refractivity contribution >= 4 is 11.6 Å². The second-order valence-corrected chi connectivity index (χ2v) is 6.40. The molecule has 134 valence electrons. The highest BCUT2D eigenvalue weighted by Gasteiger charge is 2.40. The molecule has 3 atom stereocenters. The van der Waals surface area contributed by atoms with Gasteiger partial charge in [-0.25, -0.2) is 0 Å². The number of rotatable bonds is 4. The average molecular weight is 344 g/mol. The van der Waals surface area contributed by atoms with Gasteiger partial charge in [-0.2, -0.15) is 13.2 Å². The minimum absolute atomic E-state index is 0.0178. The van der Waals surface area contributed by atoms with Crippen molar-refractivity contribution in [2.24, 2.45) is 0 Å². The first kappa shape index (κ1) is 18.7. The number of amides is 1. The number of likely N-dealkylation sites (N-methyl/N-ethyl adjacent to an activating group) is 1. The maximum Gasteiger partial charge on any atom is 0.415 e. The molecule has 1 aliphatic rings. The van der Waals surface area contributed by atoms with E-state index in [1.807, 2.05) is 31.2 Å². The van der Waals surface area contributed by atoms with Crippen LogP contribution in [0.5, 0.6) is 0 Å². The van der Waals surface area contributed by atoms with E-state index in [0.29, 0.717) is 0 Å². The smallest absolute Gasteiger partial charge is 0.382 e. The van der Waals surface area contributed by atoms with Crippen molar-refractivity contribution in [3.8, 4) is 0 Å². The van der Waals surface area contributed by atoms with Gasteiger partial charge in [-0.3, -0.25) is 9.69 Å². The van der Waals surface area contributed by atoms with E-state index in [4.69, 9.17) is 0 Å². The minimum atomic E-state index is -4.69. The number of aliphatic hydroxyl groups excluding tert-OH is 1. The predicted octanol–water partition coefficient (Wildman–Crippen LogP) is 2.60. The van der Waals surface area contributed by atoms with E-state index < -0.39 is 24.9 Å². The summed E-state index contributed by atoms with van der Waals surface area (Å²) in [6.07, 6.45) is -5.48. The van der Waals surface area contributed by atoms with Crippen LogP contribution in [0.15, 0.2) is 24.3 Å². The van der Waals surface area contributed by atoms with E-state index in [2.05, 4.69) is 0 Å². The number of carbonyl (C=O) groups is 1. The summed E-state index contributed by atoms with van der Waals surface area (Å²) >= 11 is 0. The quantitative estimate of drug-likeness (QED) is 0.913. The van der Waals surface area contributed by atoms with Gasteiger partial charge in [0, 0.05) is 18.3 Å². The molecule has 1 aliphatic heterocycles. The van der Waals surface area contributed by atoms with Crippen molar-refractivity contribution in [1.82, 2.24) is 4.90 Å². The van der Waals surface area contributed by atoms with E-state index >= 15 is 0 Å².